The van der Waals surface area contributed by atoms with E-state index >= 15 is 0 Å². The van der Waals surface area contributed by atoms with Crippen molar-refractivity contribution < 1.29 is 0 Å². The summed E-state index contributed by atoms with van der Waals surface area (Å²) in [4.78, 5) is 7.90. The van der Waals surface area contributed by atoms with Crippen molar-refractivity contribution in [3.05, 3.63) is 23.9 Å². The molecule has 0 fully saturated rings. The maximum absolute atomic E-state index is 4.53. The standard InChI is InChI=1S/C11H14N2S/c1-3-4-8-7-10-9(12-8)5-6-11(13-10)14-2/h5-7,12H,3-4H2,1-2H3. The highest BCUT2D eigenvalue weighted by molar-refractivity contribution is 7.98. The van der Waals surface area contributed by atoms with Crippen molar-refractivity contribution in [2.45, 2.75) is 24.8 Å². The number of aromatic nitrogens is 2. The zero-order chi connectivity index (χ0) is 9.97. The van der Waals surface area contributed by atoms with Crippen LogP contribution in [-0.2, 0) is 6.42 Å². The Morgan fingerprint density at radius 3 is 3.00 bits per heavy atom. The van der Waals surface area contributed by atoms with Crippen molar-refractivity contribution in [3.8, 4) is 0 Å². The smallest absolute Gasteiger partial charge is 0.0966 e. The first kappa shape index (κ1) is 9.59. The minimum atomic E-state index is 1.08. The van der Waals surface area contributed by atoms with E-state index in [1.807, 2.05) is 6.26 Å². The molecule has 0 radical (unpaired) electrons. The van der Waals surface area contributed by atoms with E-state index in [2.05, 4.69) is 35.1 Å². The van der Waals surface area contributed by atoms with Crippen LogP contribution in [0.5, 0.6) is 0 Å². The van der Waals surface area contributed by atoms with Gasteiger partial charge in [-0.1, -0.05) is 13.3 Å². The molecule has 2 rings (SSSR count). The van der Waals surface area contributed by atoms with E-state index in [1.54, 1.807) is 11.8 Å². The van der Waals surface area contributed by atoms with Gasteiger partial charge in [-0.15, -0.1) is 11.8 Å². The predicted molar refractivity (Wildman–Crippen MR) is 61.9 cm³/mol. The second-order valence-corrected chi connectivity index (χ2v) is 4.16. The number of hydrogen-bond donors (Lipinski definition) is 1. The third kappa shape index (κ3) is 1.77. The number of rotatable bonds is 3. The Morgan fingerprint density at radius 2 is 2.29 bits per heavy atom. The van der Waals surface area contributed by atoms with Crippen molar-refractivity contribution in [3.63, 3.8) is 0 Å². The molecule has 0 aliphatic rings. The molecule has 2 aromatic heterocycles. The topological polar surface area (TPSA) is 28.7 Å². The van der Waals surface area contributed by atoms with Gasteiger partial charge in [0, 0.05) is 5.69 Å². The van der Waals surface area contributed by atoms with Gasteiger partial charge in [0.25, 0.3) is 0 Å². The fourth-order valence-corrected chi connectivity index (χ4v) is 1.96. The van der Waals surface area contributed by atoms with E-state index in [-0.39, 0.29) is 0 Å². The Morgan fingerprint density at radius 1 is 1.43 bits per heavy atom. The lowest BCUT2D eigenvalue weighted by molar-refractivity contribution is 0.896. The molecule has 2 heterocycles. The molecule has 0 aliphatic heterocycles. The molecule has 74 valence electrons. The molecule has 0 unspecified atom stereocenters. The summed E-state index contributed by atoms with van der Waals surface area (Å²) >= 11 is 1.68. The van der Waals surface area contributed by atoms with Gasteiger partial charge in [-0.25, -0.2) is 4.98 Å². The number of pyridine rings is 1. The van der Waals surface area contributed by atoms with Gasteiger partial charge >= 0.3 is 0 Å². The summed E-state index contributed by atoms with van der Waals surface area (Å²) in [5, 5.41) is 1.08. The fourth-order valence-electron chi connectivity index (χ4n) is 1.56. The van der Waals surface area contributed by atoms with Crippen LogP contribution in [0.2, 0.25) is 0 Å². The summed E-state index contributed by atoms with van der Waals surface area (Å²) in [7, 11) is 0. The van der Waals surface area contributed by atoms with Gasteiger partial charge < -0.3 is 4.98 Å². The van der Waals surface area contributed by atoms with Crippen LogP contribution in [0.1, 0.15) is 19.0 Å². The Balaban J connectivity index is 2.43. The third-order valence-corrected chi connectivity index (χ3v) is 2.88. The number of hydrogen-bond acceptors (Lipinski definition) is 2. The van der Waals surface area contributed by atoms with Gasteiger partial charge in [-0.3, -0.25) is 0 Å². The molecule has 0 saturated carbocycles. The van der Waals surface area contributed by atoms with Crippen molar-refractivity contribution in [2.24, 2.45) is 0 Å². The molecule has 0 aliphatic carbocycles. The van der Waals surface area contributed by atoms with Crippen LogP contribution in [0.3, 0.4) is 0 Å². The number of nitrogens with zero attached hydrogens (tertiary/aromatic N) is 1. The summed E-state index contributed by atoms with van der Waals surface area (Å²) in [6, 6.07) is 6.31. The number of H-pyrrole nitrogens is 1. The summed E-state index contributed by atoms with van der Waals surface area (Å²) in [5.74, 6) is 0. The maximum atomic E-state index is 4.53. The van der Waals surface area contributed by atoms with E-state index in [0.717, 1.165) is 22.5 Å². The van der Waals surface area contributed by atoms with Gasteiger partial charge in [-0.05, 0) is 30.9 Å². The molecule has 0 spiro atoms. The van der Waals surface area contributed by atoms with Crippen LogP contribution in [0.4, 0.5) is 0 Å². The normalized spacial score (nSPS) is 11.0. The Bertz CT molecular complexity index is 434. The van der Waals surface area contributed by atoms with Crippen molar-refractivity contribution >= 4 is 22.8 Å². The third-order valence-electron chi connectivity index (χ3n) is 2.23. The highest BCUT2D eigenvalue weighted by atomic mass is 32.2. The van der Waals surface area contributed by atoms with E-state index in [1.165, 1.54) is 12.1 Å². The van der Waals surface area contributed by atoms with Crippen LogP contribution in [0.25, 0.3) is 11.0 Å². The second-order valence-electron chi connectivity index (χ2n) is 3.33. The van der Waals surface area contributed by atoms with Gasteiger partial charge in [0.2, 0.25) is 0 Å². The predicted octanol–water partition coefficient (Wildman–Crippen LogP) is 3.24. The average Bonchev–Trinajstić information content (AvgIpc) is 2.59. The number of thioether (sulfide) groups is 1. The molecule has 14 heavy (non-hydrogen) atoms. The lowest BCUT2D eigenvalue weighted by Crippen LogP contribution is -1.80. The lowest BCUT2D eigenvalue weighted by atomic mass is 10.2. The molecule has 0 atom stereocenters. The Kier molecular flexibility index (Phi) is 2.77. The SMILES string of the molecule is CCCc1cc2nc(SC)ccc2[nH]1. The molecule has 2 aromatic rings. The van der Waals surface area contributed by atoms with Crippen molar-refractivity contribution in [1.29, 1.82) is 0 Å². The highest BCUT2D eigenvalue weighted by Crippen LogP contribution is 2.19. The number of fused-ring (bicyclic) bond motifs is 1. The van der Waals surface area contributed by atoms with Crippen LogP contribution >= 0.6 is 11.8 Å². The zero-order valence-corrected chi connectivity index (χ0v) is 9.32. The first-order valence-electron chi connectivity index (χ1n) is 4.86. The molecule has 2 nitrogen and oxygen atoms in total. The molecule has 0 bridgehead atoms. The Labute approximate surface area is 88.1 Å². The van der Waals surface area contributed by atoms with E-state index in [0.29, 0.717) is 0 Å². The number of aryl methyl sites for hydroxylation is 1. The zero-order valence-electron chi connectivity index (χ0n) is 8.50. The summed E-state index contributed by atoms with van der Waals surface area (Å²) in [5.41, 5.74) is 3.51. The van der Waals surface area contributed by atoms with Gasteiger partial charge in [-0.2, -0.15) is 0 Å². The first-order valence-corrected chi connectivity index (χ1v) is 6.08. The monoisotopic (exact) mass is 206 g/mol. The lowest BCUT2D eigenvalue weighted by Gasteiger charge is -1.93. The number of aromatic amines is 1. The minimum absolute atomic E-state index is 1.08. The fraction of sp³-hybridized carbons (Fsp3) is 0.364. The largest absolute Gasteiger partial charge is 0.357 e. The molecule has 0 saturated heterocycles. The van der Waals surface area contributed by atoms with Crippen LogP contribution in [0.15, 0.2) is 23.2 Å². The van der Waals surface area contributed by atoms with E-state index in [4.69, 9.17) is 0 Å². The van der Waals surface area contributed by atoms with Gasteiger partial charge in [0.05, 0.1) is 16.1 Å². The Hall–Kier alpha value is -0.960. The van der Waals surface area contributed by atoms with Crippen LogP contribution in [-0.4, -0.2) is 16.2 Å². The first-order chi connectivity index (χ1) is 6.83. The molecule has 0 amide bonds. The highest BCUT2D eigenvalue weighted by Gasteiger charge is 2.01. The second kappa shape index (κ2) is 4.05. The van der Waals surface area contributed by atoms with E-state index in [9.17, 15) is 0 Å². The summed E-state index contributed by atoms with van der Waals surface area (Å²) in [6.07, 6.45) is 4.32. The molecular weight excluding hydrogens is 192 g/mol. The molecular formula is C11H14N2S. The van der Waals surface area contributed by atoms with Crippen LogP contribution in [0, 0.1) is 0 Å². The molecule has 3 heteroatoms. The van der Waals surface area contributed by atoms with E-state index < -0.39 is 0 Å². The average molecular weight is 206 g/mol. The van der Waals surface area contributed by atoms with Crippen LogP contribution < -0.4 is 0 Å². The molecule has 0 aromatic carbocycles. The van der Waals surface area contributed by atoms with Crippen molar-refractivity contribution in [1.82, 2.24) is 9.97 Å². The molecule has 1 N–H and O–H groups in total. The van der Waals surface area contributed by atoms with Gasteiger partial charge in [0.1, 0.15) is 0 Å². The quantitative estimate of drug-likeness (QED) is 0.781. The summed E-state index contributed by atoms with van der Waals surface area (Å²) in [6.45, 7) is 2.19. The van der Waals surface area contributed by atoms with Gasteiger partial charge in [0.15, 0.2) is 0 Å². The minimum Gasteiger partial charge on any atom is -0.357 e. The number of nitrogens with one attached hydrogen (secondary N) is 1. The van der Waals surface area contributed by atoms with Crippen molar-refractivity contribution in [2.75, 3.05) is 6.26 Å². The summed E-state index contributed by atoms with van der Waals surface area (Å²) < 4.78 is 0. The maximum Gasteiger partial charge on any atom is 0.0966 e.